The minimum Gasteiger partial charge on any atom is -0.354 e. The average molecular weight is 293 g/mol. The number of anilines is 1. The van der Waals surface area contributed by atoms with Crippen molar-refractivity contribution in [3.05, 3.63) is 6.33 Å². The monoisotopic (exact) mass is 293 g/mol. The Hall–Kier alpha value is -1.39. The molecule has 19 heavy (non-hydrogen) atoms. The maximum atomic E-state index is 8.96. The van der Waals surface area contributed by atoms with E-state index in [4.69, 9.17) is 5.26 Å². The molecule has 1 unspecified atom stereocenters. The summed E-state index contributed by atoms with van der Waals surface area (Å²) in [5.41, 5.74) is 0.738. The molecule has 100 valence electrons. The maximum Gasteiger partial charge on any atom is 0.176 e. The van der Waals surface area contributed by atoms with Gasteiger partial charge in [-0.25, -0.2) is 15.0 Å². The van der Waals surface area contributed by atoms with E-state index in [0.717, 1.165) is 27.0 Å². The van der Waals surface area contributed by atoms with Crippen LogP contribution in [0.3, 0.4) is 0 Å². The van der Waals surface area contributed by atoms with Crippen molar-refractivity contribution < 1.29 is 0 Å². The summed E-state index contributed by atoms with van der Waals surface area (Å²) in [5.74, 6) is 0.852. The van der Waals surface area contributed by atoms with Crippen LogP contribution in [0, 0.1) is 17.2 Å². The van der Waals surface area contributed by atoms with E-state index >= 15 is 0 Å². The zero-order valence-corrected chi connectivity index (χ0v) is 12.8. The van der Waals surface area contributed by atoms with Gasteiger partial charge in [0.1, 0.15) is 11.0 Å². The molecule has 7 heteroatoms. The summed E-state index contributed by atoms with van der Waals surface area (Å²) in [6.07, 6.45) is 3.54. The standard InChI is InChI=1S/C12H15N5S2/c1-4-17(6-8(2)5-13)11-9-10(14-7-15-11)16-12(18-3)19-9/h7-8H,4,6H2,1-3H3. The van der Waals surface area contributed by atoms with E-state index in [0.29, 0.717) is 6.54 Å². The fourth-order valence-electron chi connectivity index (χ4n) is 1.77. The summed E-state index contributed by atoms with van der Waals surface area (Å²) in [5, 5.41) is 8.96. The SMILES string of the molecule is CCN(CC(C)C#N)c1ncnc2nc(SC)sc12. The number of rotatable bonds is 5. The largest absolute Gasteiger partial charge is 0.354 e. The fraction of sp³-hybridized carbons (Fsp3) is 0.500. The number of aromatic nitrogens is 3. The van der Waals surface area contributed by atoms with Crippen molar-refractivity contribution in [3.8, 4) is 6.07 Å². The Kier molecular flexibility index (Phi) is 4.56. The first kappa shape index (κ1) is 14.0. The van der Waals surface area contributed by atoms with Crippen LogP contribution in [0.25, 0.3) is 10.3 Å². The first-order valence-corrected chi connectivity index (χ1v) is 8.03. The van der Waals surface area contributed by atoms with Gasteiger partial charge in [-0.3, -0.25) is 0 Å². The molecule has 2 rings (SSSR count). The Balaban J connectivity index is 2.42. The number of nitrogens with zero attached hydrogens (tertiary/aromatic N) is 5. The second-order valence-electron chi connectivity index (χ2n) is 4.10. The third-order valence-electron chi connectivity index (χ3n) is 2.72. The molecular formula is C12H15N5S2. The van der Waals surface area contributed by atoms with Crippen molar-refractivity contribution in [1.29, 1.82) is 5.26 Å². The van der Waals surface area contributed by atoms with Crippen LogP contribution < -0.4 is 4.90 Å². The predicted octanol–water partition coefficient (Wildman–Crippen LogP) is 2.79. The first-order valence-electron chi connectivity index (χ1n) is 5.99. The number of nitriles is 1. The Morgan fingerprint density at radius 1 is 1.53 bits per heavy atom. The molecule has 5 nitrogen and oxygen atoms in total. The molecule has 0 aliphatic heterocycles. The van der Waals surface area contributed by atoms with Gasteiger partial charge in [-0.05, 0) is 20.1 Å². The summed E-state index contributed by atoms with van der Waals surface area (Å²) in [6, 6.07) is 2.26. The van der Waals surface area contributed by atoms with Crippen LogP contribution >= 0.6 is 23.1 Å². The van der Waals surface area contributed by atoms with Gasteiger partial charge < -0.3 is 4.90 Å². The molecule has 1 atom stereocenters. The molecule has 0 N–H and O–H groups in total. The van der Waals surface area contributed by atoms with Gasteiger partial charge >= 0.3 is 0 Å². The molecule has 0 aliphatic carbocycles. The van der Waals surface area contributed by atoms with Gasteiger partial charge in [-0.2, -0.15) is 5.26 Å². The van der Waals surface area contributed by atoms with Gasteiger partial charge in [0, 0.05) is 13.1 Å². The second kappa shape index (κ2) is 6.17. The summed E-state index contributed by atoms with van der Waals surface area (Å²) in [7, 11) is 0. The van der Waals surface area contributed by atoms with Crippen molar-refractivity contribution in [2.24, 2.45) is 5.92 Å². The molecule has 2 heterocycles. The van der Waals surface area contributed by atoms with Gasteiger partial charge in [-0.15, -0.1) is 11.3 Å². The highest BCUT2D eigenvalue weighted by molar-refractivity contribution is 8.00. The lowest BCUT2D eigenvalue weighted by Gasteiger charge is -2.22. The molecule has 0 aliphatic rings. The van der Waals surface area contributed by atoms with E-state index in [9.17, 15) is 0 Å². The number of thioether (sulfide) groups is 1. The lowest BCUT2D eigenvalue weighted by atomic mass is 10.2. The zero-order chi connectivity index (χ0) is 13.8. The Labute approximate surface area is 120 Å². The molecule has 0 aromatic carbocycles. The molecular weight excluding hydrogens is 278 g/mol. The smallest absolute Gasteiger partial charge is 0.176 e. The number of hydrogen-bond donors (Lipinski definition) is 0. The van der Waals surface area contributed by atoms with Crippen LogP contribution in [-0.4, -0.2) is 34.3 Å². The number of thiazole rings is 1. The van der Waals surface area contributed by atoms with Gasteiger partial charge in [0.15, 0.2) is 15.8 Å². The van der Waals surface area contributed by atoms with E-state index in [1.165, 1.54) is 0 Å². The van der Waals surface area contributed by atoms with E-state index in [2.05, 4.69) is 32.8 Å². The van der Waals surface area contributed by atoms with Gasteiger partial charge in [-0.1, -0.05) is 11.8 Å². The number of hydrogen-bond acceptors (Lipinski definition) is 7. The summed E-state index contributed by atoms with van der Waals surface area (Å²) >= 11 is 3.21. The van der Waals surface area contributed by atoms with Crippen molar-refractivity contribution >= 4 is 39.3 Å². The maximum absolute atomic E-state index is 8.96. The number of fused-ring (bicyclic) bond motifs is 1. The van der Waals surface area contributed by atoms with Crippen LogP contribution in [0.15, 0.2) is 10.7 Å². The van der Waals surface area contributed by atoms with Crippen LogP contribution in [0.2, 0.25) is 0 Å². The summed E-state index contributed by atoms with van der Waals surface area (Å²) in [6.45, 7) is 5.46. The Morgan fingerprint density at radius 3 is 2.95 bits per heavy atom. The zero-order valence-electron chi connectivity index (χ0n) is 11.1. The van der Waals surface area contributed by atoms with Gasteiger partial charge in [0.2, 0.25) is 0 Å². The molecule has 0 bridgehead atoms. The van der Waals surface area contributed by atoms with E-state index in [1.807, 2.05) is 13.2 Å². The molecule has 0 spiro atoms. The predicted molar refractivity (Wildman–Crippen MR) is 79.7 cm³/mol. The molecule has 0 fully saturated rings. The topological polar surface area (TPSA) is 65.7 Å². The molecule has 0 radical (unpaired) electrons. The van der Waals surface area contributed by atoms with Crippen molar-refractivity contribution in [1.82, 2.24) is 15.0 Å². The molecule has 2 aromatic heterocycles. The molecule has 2 aromatic rings. The van der Waals surface area contributed by atoms with E-state index in [1.54, 1.807) is 29.4 Å². The summed E-state index contributed by atoms with van der Waals surface area (Å²) in [4.78, 5) is 15.1. The lowest BCUT2D eigenvalue weighted by Crippen LogP contribution is -2.28. The summed E-state index contributed by atoms with van der Waals surface area (Å²) < 4.78 is 1.99. The molecule has 0 amide bonds. The van der Waals surface area contributed by atoms with Crippen LogP contribution in [0.4, 0.5) is 5.82 Å². The van der Waals surface area contributed by atoms with Crippen molar-refractivity contribution in [3.63, 3.8) is 0 Å². The minimum absolute atomic E-state index is 0.0297. The Morgan fingerprint density at radius 2 is 2.32 bits per heavy atom. The van der Waals surface area contributed by atoms with Gasteiger partial charge in [0.25, 0.3) is 0 Å². The highest BCUT2D eigenvalue weighted by Crippen LogP contribution is 2.32. The molecule has 0 saturated carbocycles. The third-order valence-corrected chi connectivity index (χ3v) is 4.75. The first-order chi connectivity index (χ1) is 9.19. The van der Waals surface area contributed by atoms with Crippen LogP contribution in [0.5, 0.6) is 0 Å². The highest BCUT2D eigenvalue weighted by atomic mass is 32.2. The highest BCUT2D eigenvalue weighted by Gasteiger charge is 2.16. The average Bonchev–Trinajstić information content (AvgIpc) is 2.87. The van der Waals surface area contributed by atoms with Crippen LogP contribution in [-0.2, 0) is 0 Å². The van der Waals surface area contributed by atoms with Crippen molar-refractivity contribution in [2.75, 3.05) is 24.2 Å². The van der Waals surface area contributed by atoms with E-state index < -0.39 is 0 Å². The normalized spacial score (nSPS) is 12.3. The van der Waals surface area contributed by atoms with Crippen molar-refractivity contribution in [2.45, 2.75) is 18.2 Å². The fourth-order valence-corrected chi connectivity index (χ4v) is 3.30. The lowest BCUT2D eigenvalue weighted by molar-refractivity contribution is 0.681. The minimum atomic E-state index is -0.0297. The second-order valence-corrected chi connectivity index (χ2v) is 6.16. The quantitative estimate of drug-likeness (QED) is 0.790. The van der Waals surface area contributed by atoms with Crippen LogP contribution in [0.1, 0.15) is 13.8 Å². The Bertz CT molecular complexity index is 604. The molecule has 0 saturated heterocycles. The third kappa shape index (κ3) is 2.96. The van der Waals surface area contributed by atoms with E-state index in [-0.39, 0.29) is 5.92 Å². The van der Waals surface area contributed by atoms with Gasteiger partial charge in [0.05, 0.1) is 12.0 Å².